The molecule has 0 aromatic rings. The minimum atomic E-state index is 0.162. The van der Waals surface area contributed by atoms with Crippen LogP contribution in [0.4, 0.5) is 0 Å². The maximum absolute atomic E-state index is 11.5. The van der Waals surface area contributed by atoms with Crippen molar-refractivity contribution in [2.24, 2.45) is 22.7 Å². The average molecular weight is 168 g/mol. The van der Waals surface area contributed by atoms with E-state index in [-0.39, 0.29) is 10.8 Å². The molecule has 0 bridgehead atoms. The molecule has 1 rings (SSSR count). The van der Waals surface area contributed by atoms with Crippen LogP contribution in [0.3, 0.4) is 0 Å². The van der Waals surface area contributed by atoms with Crippen LogP contribution >= 0.6 is 0 Å². The van der Waals surface area contributed by atoms with Gasteiger partial charge in [0, 0.05) is 11.8 Å². The molecule has 0 aliphatic heterocycles. The highest BCUT2D eigenvalue weighted by Crippen LogP contribution is 2.54. The van der Waals surface area contributed by atoms with Gasteiger partial charge in [-0.1, -0.05) is 41.5 Å². The van der Waals surface area contributed by atoms with Crippen molar-refractivity contribution in [3.63, 3.8) is 0 Å². The zero-order chi connectivity index (χ0) is 9.73. The molecular weight excluding hydrogens is 148 g/mol. The van der Waals surface area contributed by atoms with Gasteiger partial charge in [-0.2, -0.15) is 0 Å². The van der Waals surface area contributed by atoms with E-state index in [9.17, 15) is 4.79 Å². The van der Waals surface area contributed by atoms with Crippen LogP contribution in [0, 0.1) is 22.7 Å². The zero-order valence-electron chi connectivity index (χ0n) is 9.06. The monoisotopic (exact) mass is 168 g/mol. The molecule has 1 nitrogen and oxygen atoms in total. The molecule has 0 radical (unpaired) electrons. The first-order valence-corrected chi connectivity index (χ1v) is 4.69. The van der Waals surface area contributed by atoms with E-state index in [0.717, 1.165) is 0 Å². The highest BCUT2D eigenvalue weighted by atomic mass is 16.1. The summed E-state index contributed by atoms with van der Waals surface area (Å²) in [4.78, 5) is 11.5. The maximum Gasteiger partial charge on any atom is 0.141 e. The van der Waals surface area contributed by atoms with E-state index in [1.54, 1.807) is 0 Å². The Balaban J connectivity index is 2.73. The maximum atomic E-state index is 11.5. The molecular formula is C11H20O. The molecule has 1 aliphatic carbocycles. The van der Waals surface area contributed by atoms with Gasteiger partial charge in [0.2, 0.25) is 0 Å². The summed E-state index contributed by atoms with van der Waals surface area (Å²) in [7, 11) is 0. The van der Waals surface area contributed by atoms with Crippen LogP contribution in [0.5, 0.6) is 0 Å². The Labute approximate surface area is 75.5 Å². The Bertz CT molecular complexity index is 180. The molecule has 0 unspecified atom stereocenters. The van der Waals surface area contributed by atoms with E-state index in [1.807, 2.05) is 0 Å². The molecule has 1 aliphatic rings. The van der Waals surface area contributed by atoms with E-state index in [0.29, 0.717) is 17.6 Å². The Morgan fingerprint density at radius 2 is 1.08 bits per heavy atom. The van der Waals surface area contributed by atoms with Crippen LogP contribution in [-0.2, 0) is 4.79 Å². The average Bonchev–Trinajstić information content (AvgIpc) is 2.35. The third-order valence-corrected chi connectivity index (χ3v) is 2.70. The van der Waals surface area contributed by atoms with Crippen LogP contribution in [0.1, 0.15) is 41.5 Å². The summed E-state index contributed by atoms with van der Waals surface area (Å²) in [5, 5.41) is 0. The Kier molecular flexibility index (Phi) is 1.90. The van der Waals surface area contributed by atoms with Gasteiger partial charge in [0.25, 0.3) is 0 Å². The molecule has 0 saturated heterocycles. The fraction of sp³-hybridized carbons (Fsp3) is 0.909. The molecule has 0 spiro atoms. The number of carbonyl (C=O) groups excluding carboxylic acids is 1. The highest BCUT2D eigenvalue weighted by molar-refractivity contribution is 6.00. The third-order valence-electron chi connectivity index (χ3n) is 2.70. The Morgan fingerprint density at radius 3 is 1.17 bits per heavy atom. The van der Waals surface area contributed by atoms with Gasteiger partial charge in [0.1, 0.15) is 5.78 Å². The van der Waals surface area contributed by atoms with Crippen molar-refractivity contribution in [3.8, 4) is 0 Å². The summed E-state index contributed by atoms with van der Waals surface area (Å²) in [5.74, 6) is 1.07. The van der Waals surface area contributed by atoms with Crippen molar-refractivity contribution in [2.45, 2.75) is 41.5 Å². The fourth-order valence-corrected chi connectivity index (χ4v) is 2.09. The van der Waals surface area contributed by atoms with Crippen molar-refractivity contribution < 1.29 is 4.79 Å². The number of Topliss-reactive ketones (excluding diaryl/α,β-unsaturated/α-hetero) is 1. The van der Waals surface area contributed by atoms with Crippen molar-refractivity contribution in [2.75, 3.05) is 0 Å². The first kappa shape index (κ1) is 9.76. The van der Waals surface area contributed by atoms with Crippen molar-refractivity contribution in [1.29, 1.82) is 0 Å². The number of carbonyl (C=O) groups is 1. The largest absolute Gasteiger partial charge is 0.299 e. The summed E-state index contributed by atoms with van der Waals surface area (Å²) in [6.45, 7) is 12.9. The van der Waals surface area contributed by atoms with E-state index in [4.69, 9.17) is 0 Å². The zero-order valence-corrected chi connectivity index (χ0v) is 9.06. The lowest BCUT2D eigenvalue weighted by molar-refractivity contribution is -0.113. The lowest BCUT2D eigenvalue weighted by Gasteiger charge is -2.22. The van der Waals surface area contributed by atoms with Crippen LogP contribution in [-0.4, -0.2) is 5.78 Å². The topological polar surface area (TPSA) is 17.1 Å². The fourth-order valence-electron chi connectivity index (χ4n) is 2.09. The molecule has 0 amide bonds. The SMILES string of the molecule is CC(C)(C)[C@@H]1C(=O)[C@@H]1C(C)(C)C. The van der Waals surface area contributed by atoms with E-state index in [2.05, 4.69) is 41.5 Å². The summed E-state index contributed by atoms with van der Waals surface area (Å²) in [6, 6.07) is 0. The van der Waals surface area contributed by atoms with Crippen molar-refractivity contribution in [3.05, 3.63) is 0 Å². The molecule has 2 atom stereocenters. The first-order valence-electron chi connectivity index (χ1n) is 4.69. The molecule has 70 valence electrons. The van der Waals surface area contributed by atoms with Gasteiger partial charge in [0.05, 0.1) is 0 Å². The first-order chi connectivity index (χ1) is 5.15. The Hall–Kier alpha value is -0.330. The molecule has 1 saturated carbocycles. The molecule has 1 heteroatoms. The van der Waals surface area contributed by atoms with Gasteiger partial charge in [0.15, 0.2) is 0 Å². The smallest absolute Gasteiger partial charge is 0.141 e. The van der Waals surface area contributed by atoms with E-state index < -0.39 is 0 Å². The minimum Gasteiger partial charge on any atom is -0.299 e. The molecule has 1 fully saturated rings. The van der Waals surface area contributed by atoms with Gasteiger partial charge >= 0.3 is 0 Å². The van der Waals surface area contributed by atoms with Crippen molar-refractivity contribution >= 4 is 5.78 Å². The van der Waals surface area contributed by atoms with E-state index >= 15 is 0 Å². The lowest BCUT2D eigenvalue weighted by atomic mass is 9.81. The summed E-state index contributed by atoms with van der Waals surface area (Å²) in [5.41, 5.74) is 0.323. The quantitative estimate of drug-likeness (QED) is 0.543. The number of rotatable bonds is 0. The second-order valence-corrected chi connectivity index (χ2v) is 6.09. The van der Waals surface area contributed by atoms with Crippen LogP contribution < -0.4 is 0 Å². The summed E-state index contributed by atoms with van der Waals surface area (Å²) < 4.78 is 0. The van der Waals surface area contributed by atoms with Crippen LogP contribution in [0.25, 0.3) is 0 Å². The van der Waals surface area contributed by atoms with Gasteiger partial charge in [-0.05, 0) is 10.8 Å². The summed E-state index contributed by atoms with van der Waals surface area (Å²) >= 11 is 0. The number of hydrogen-bond acceptors (Lipinski definition) is 1. The van der Waals surface area contributed by atoms with Gasteiger partial charge < -0.3 is 0 Å². The standard InChI is InChI=1S/C11H20O/c1-10(2,3)7-8(9(7)12)11(4,5)6/h7-8H,1-6H3/t7-,8+. The minimum absolute atomic E-state index is 0.162. The van der Waals surface area contributed by atoms with Gasteiger partial charge in [-0.15, -0.1) is 0 Å². The molecule has 0 aromatic carbocycles. The number of hydrogen-bond donors (Lipinski definition) is 0. The van der Waals surface area contributed by atoms with E-state index in [1.165, 1.54) is 0 Å². The molecule has 12 heavy (non-hydrogen) atoms. The summed E-state index contributed by atoms with van der Waals surface area (Å²) in [6.07, 6.45) is 0. The number of ketones is 1. The lowest BCUT2D eigenvalue weighted by Crippen LogP contribution is -2.16. The van der Waals surface area contributed by atoms with Gasteiger partial charge in [-0.25, -0.2) is 0 Å². The Morgan fingerprint density at radius 1 is 0.833 bits per heavy atom. The normalized spacial score (nSPS) is 30.7. The second kappa shape index (κ2) is 2.34. The second-order valence-electron chi connectivity index (χ2n) is 6.09. The molecule has 0 heterocycles. The predicted molar refractivity (Wildman–Crippen MR) is 50.9 cm³/mol. The predicted octanol–water partition coefficient (Wildman–Crippen LogP) is 2.89. The third kappa shape index (κ3) is 1.55. The molecule has 0 aromatic heterocycles. The van der Waals surface area contributed by atoms with Crippen molar-refractivity contribution in [1.82, 2.24) is 0 Å². The highest BCUT2D eigenvalue weighted by Gasteiger charge is 2.59. The van der Waals surface area contributed by atoms with Crippen LogP contribution in [0.2, 0.25) is 0 Å². The van der Waals surface area contributed by atoms with Gasteiger partial charge in [-0.3, -0.25) is 4.79 Å². The van der Waals surface area contributed by atoms with Crippen LogP contribution in [0.15, 0.2) is 0 Å². The molecule has 0 N–H and O–H groups in total.